The van der Waals surface area contributed by atoms with Crippen molar-refractivity contribution in [1.29, 1.82) is 0 Å². The molecule has 1 aliphatic rings. The van der Waals surface area contributed by atoms with Gasteiger partial charge in [0, 0.05) is 26.7 Å². The summed E-state index contributed by atoms with van der Waals surface area (Å²) in [6.07, 6.45) is 9.32. The minimum absolute atomic E-state index is 0. The first kappa shape index (κ1) is 20.5. The van der Waals surface area contributed by atoms with Crippen LogP contribution in [-0.4, -0.2) is 16.6 Å². The van der Waals surface area contributed by atoms with Crippen molar-refractivity contribution in [3.8, 4) is 0 Å². The molecule has 27 heavy (non-hydrogen) atoms. The molecule has 0 bridgehead atoms. The number of hydrogen-bond donors (Lipinski definition) is 0. The minimum Gasteiger partial charge on any atom is -0.294 e. The molecule has 0 aliphatic heterocycles. The highest BCUT2D eigenvalue weighted by Gasteiger charge is 2.21. The largest absolute Gasteiger partial charge is 0.294 e. The molecule has 1 aromatic heterocycles. The van der Waals surface area contributed by atoms with Gasteiger partial charge in [0.1, 0.15) is 0 Å². The van der Waals surface area contributed by atoms with Gasteiger partial charge in [0.2, 0.25) is 0 Å². The quantitative estimate of drug-likeness (QED) is 0.633. The molecule has 0 atom stereocenters. The zero-order chi connectivity index (χ0) is 19.6. The van der Waals surface area contributed by atoms with Gasteiger partial charge in [-0.3, -0.25) is 14.6 Å². The molecule has 3 heteroatoms. The molecule has 142 valence electrons. The van der Waals surface area contributed by atoms with Crippen molar-refractivity contribution in [2.75, 3.05) is 0 Å². The highest BCUT2D eigenvalue weighted by atomic mass is 16.1. The molecule has 0 spiro atoms. The van der Waals surface area contributed by atoms with Gasteiger partial charge in [0.25, 0.3) is 0 Å². The number of ketones is 2. The van der Waals surface area contributed by atoms with Crippen molar-refractivity contribution in [1.82, 2.24) is 4.98 Å². The Labute approximate surface area is 163 Å². The molecule has 0 saturated heterocycles. The summed E-state index contributed by atoms with van der Waals surface area (Å²) < 4.78 is 0. The predicted octanol–water partition coefficient (Wildman–Crippen LogP) is 5.54. The third-order valence-electron chi connectivity index (χ3n) is 4.37. The lowest BCUT2D eigenvalue weighted by atomic mass is 9.90. The second-order valence-corrected chi connectivity index (χ2v) is 6.35. The minimum atomic E-state index is -0.0849. The van der Waals surface area contributed by atoms with Crippen LogP contribution in [0, 0.1) is 6.92 Å². The molecule has 0 radical (unpaired) electrons. The van der Waals surface area contributed by atoms with Gasteiger partial charge in [-0.2, -0.15) is 0 Å². The molecule has 2 aromatic rings. The van der Waals surface area contributed by atoms with E-state index in [1.165, 1.54) is 11.1 Å². The fourth-order valence-corrected chi connectivity index (χ4v) is 3.04. The van der Waals surface area contributed by atoms with Crippen molar-refractivity contribution >= 4 is 17.1 Å². The summed E-state index contributed by atoms with van der Waals surface area (Å²) in [5.74, 6) is -0.143. The maximum absolute atomic E-state index is 12.5. The molecule has 1 aromatic carbocycles. The van der Waals surface area contributed by atoms with E-state index in [1.54, 1.807) is 18.5 Å². The fraction of sp³-hybridized carbons (Fsp3) is 0.292. The third kappa shape index (κ3) is 5.85. The Kier molecular flexibility index (Phi) is 7.87. The van der Waals surface area contributed by atoms with Crippen LogP contribution < -0.4 is 0 Å². The van der Waals surface area contributed by atoms with Gasteiger partial charge >= 0.3 is 0 Å². The van der Waals surface area contributed by atoms with E-state index in [0.29, 0.717) is 12.0 Å². The van der Waals surface area contributed by atoms with Gasteiger partial charge in [-0.15, -0.1) is 0 Å². The number of rotatable bonds is 6. The summed E-state index contributed by atoms with van der Waals surface area (Å²) in [7, 11) is 0. The van der Waals surface area contributed by atoms with Gasteiger partial charge in [-0.05, 0) is 54.7 Å². The topological polar surface area (TPSA) is 47.0 Å². The number of aromatic nitrogens is 1. The Morgan fingerprint density at radius 2 is 1.89 bits per heavy atom. The van der Waals surface area contributed by atoms with Crippen LogP contribution >= 0.6 is 0 Å². The van der Waals surface area contributed by atoms with Gasteiger partial charge in [-0.1, -0.05) is 49.8 Å². The van der Waals surface area contributed by atoms with Crippen LogP contribution in [0.3, 0.4) is 0 Å². The number of benzene rings is 1. The molecule has 3 rings (SSSR count). The summed E-state index contributed by atoms with van der Waals surface area (Å²) in [5.41, 5.74) is 4.69. The maximum atomic E-state index is 12.5. The van der Waals surface area contributed by atoms with E-state index in [-0.39, 0.29) is 19.4 Å². The number of pyridine rings is 1. The molecule has 0 unspecified atom stereocenters. The van der Waals surface area contributed by atoms with E-state index in [2.05, 4.69) is 30.1 Å². The molecular formula is C24H29NO2. The fourth-order valence-electron chi connectivity index (χ4n) is 3.04. The first-order valence-electron chi connectivity index (χ1n) is 9.57. The second-order valence-electron chi connectivity index (χ2n) is 6.35. The number of hydrogen-bond acceptors (Lipinski definition) is 3. The van der Waals surface area contributed by atoms with Crippen molar-refractivity contribution in [2.24, 2.45) is 0 Å². The average molecular weight is 364 g/mol. The van der Waals surface area contributed by atoms with Gasteiger partial charge in [0.05, 0.1) is 5.57 Å². The zero-order valence-corrected chi connectivity index (χ0v) is 16.4. The SMILES string of the molecule is CC.Cc1cccc(CCCC(=O)C2=CC(c3ccncc3)=CCC2=O)c1.[HH]. The van der Waals surface area contributed by atoms with E-state index in [0.717, 1.165) is 24.0 Å². The molecule has 1 heterocycles. The number of aryl methyl sites for hydroxylation is 2. The van der Waals surface area contributed by atoms with E-state index in [9.17, 15) is 9.59 Å². The molecule has 0 fully saturated rings. The Hall–Kier alpha value is -2.81. The molecular weight excluding hydrogens is 334 g/mol. The molecule has 0 N–H and O–H groups in total. The van der Waals surface area contributed by atoms with Crippen molar-refractivity contribution < 1.29 is 11.0 Å². The Morgan fingerprint density at radius 1 is 1.15 bits per heavy atom. The molecule has 1 aliphatic carbocycles. The van der Waals surface area contributed by atoms with Gasteiger partial charge < -0.3 is 0 Å². The lowest BCUT2D eigenvalue weighted by molar-refractivity contribution is -0.121. The first-order valence-corrected chi connectivity index (χ1v) is 9.57. The summed E-state index contributed by atoms with van der Waals surface area (Å²) in [6, 6.07) is 12.1. The van der Waals surface area contributed by atoms with Crippen LogP contribution in [0.25, 0.3) is 5.57 Å². The zero-order valence-electron chi connectivity index (χ0n) is 16.4. The van der Waals surface area contributed by atoms with Crippen LogP contribution in [0.2, 0.25) is 0 Å². The van der Waals surface area contributed by atoms with Gasteiger partial charge in [-0.25, -0.2) is 0 Å². The van der Waals surface area contributed by atoms with E-state index in [1.807, 2.05) is 38.1 Å². The maximum Gasteiger partial charge on any atom is 0.170 e. The van der Waals surface area contributed by atoms with Gasteiger partial charge in [0.15, 0.2) is 11.6 Å². The Morgan fingerprint density at radius 3 is 2.59 bits per heavy atom. The average Bonchev–Trinajstić information content (AvgIpc) is 2.70. The highest BCUT2D eigenvalue weighted by Crippen LogP contribution is 2.24. The van der Waals surface area contributed by atoms with Crippen molar-refractivity contribution in [2.45, 2.75) is 46.5 Å². The Bertz CT molecular complexity index is 854. The van der Waals surface area contributed by atoms with Crippen LogP contribution in [0.5, 0.6) is 0 Å². The highest BCUT2D eigenvalue weighted by molar-refractivity contribution is 6.23. The number of carbonyl (C=O) groups is 2. The van der Waals surface area contributed by atoms with Crippen LogP contribution in [-0.2, 0) is 16.0 Å². The molecule has 3 nitrogen and oxygen atoms in total. The van der Waals surface area contributed by atoms with Crippen molar-refractivity contribution in [3.63, 3.8) is 0 Å². The summed E-state index contributed by atoms with van der Waals surface area (Å²) in [6.45, 7) is 6.06. The molecule has 0 saturated carbocycles. The summed E-state index contributed by atoms with van der Waals surface area (Å²) in [5, 5.41) is 0. The standard InChI is InChI=1S/C22H21NO2.C2H6.H2/c1-16-4-2-5-17(14-16)6-3-7-21(24)20-15-19(8-9-22(20)25)18-10-12-23-13-11-18;1-2;/h2,4-5,8,10-15H,3,6-7,9H2,1H3;1-2H3;1H. The smallest absolute Gasteiger partial charge is 0.170 e. The summed E-state index contributed by atoms with van der Waals surface area (Å²) in [4.78, 5) is 28.7. The lowest BCUT2D eigenvalue weighted by Crippen LogP contribution is -2.15. The predicted molar refractivity (Wildman–Crippen MR) is 113 cm³/mol. The van der Waals surface area contributed by atoms with Crippen LogP contribution in [0.4, 0.5) is 0 Å². The normalized spacial score (nSPS) is 13.2. The van der Waals surface area contributed by atoms with Crippen molar-refractivity contribution in [3.05, 3.63) is 83.2 Å². The van der Waals surface area contributed by atoms with E-state index < -0.39 is 0 Å². The monoisotopic (exact) mass is 363 g/mol. The number of nitrogens with zero attached hydrogens (tertiary/aromatic N) is 1. The third-order valence-corrected chi connectivity index (χ3v) is 4.37. The number of allylic oxidation sites excluding steroid dienone is 4. The van der Waals surface area contributed by atoms with E-state index >= 15 is 0 Å². The van der Waals surface area contributed by atoms with Crippen LogP contribution in [0.1, 0.15) is 51.2 Å². The second kappa shape index (κ2) is 10.4. The first-order chi connectivity index (χ1) is 13.1. The van der Waals surface area contributed by atoms with Crippen LogP contribution in [0.15, 0.2) is 66.5 Å². The lowest BCUT2D eigenvalue weighted by Gasteiger charge is -2.12. The number of carbonyl (C=O) groups excluding carboxylic acids is 2. The Balaban J connectivity index is 0.00000127. The molecule has 0 amide bonds. The number of Topliss-reactive ketones (excluding diaryl/α,β-unsaturated/α-hetero) is 2. The van der Waals surface area contributed by atoms with E-state index in [4.69, 9.17) is 0 Å². The summed E-state index contributed by atoms with van der Waals surface area (Å²) >= 11 is 0.